The third kappa shape index (κ3) is 3.15. The molecule has 2 nitrogen and oxygen atoms in total. The Kier molecular flexibility index (Phi) is 4.25. The van der Waals surface area contributed by atoms with Gasteiger partial charge in [0.05, 0.1) is 0 Å². The molecular formula is C12H12BF4O2S-. The average Bonchev–Trinajstić information content (AvgIpc) is 2.21. The highest BCUT2D eigenvalue weighted by Crippen LogP contribution is 2.33. The molecule has 0 aromatic heterocycles. The molecule has 1 rings (SSSR count). The van der Waals surface area contributed by atoms with E-state index in [2.05, 4.69) is 5.92 Å². The molecule has 0 spiro atoms. The summed E-state index contributed by atoms with van der Waals surface area (Å²) in [6, 6.07) is 0. The normalized spacial score (nSPS) is 12.3. The van der Waals surface area contributed by atoms with Crippen LogP contribution in [0.2, 0.25) is 0 Å². The van der Waals surface area contributed by atoms with Gasteiger partial charge in [-0.2, -0.15) is 8.42 Å². The van der Waals surface area contributed by atoms with Gasteiger partial charge in [-0.15, -0.1) is 10.3 Å². The lowest BCUT2D eigenvalue weighted by Crippen LogP contribution is -2.22. The first-order chi connectivity index (χ1) is 8.90. The Bertz CT molecular complexity index is 700. The van der Waals surface area contributed by atoms with Crippen LogP contribution >= 0.6 is 0 Å². The number of hydrogen-bond acceptors (Lipinski definition) is 2. The zero-order chi connectivity index (χ0) is 15.9. The summed E-state index contributed by atoms with van der Waals surface area (Å²) in [7, 11) is -5.15. The van der Waals surface area contributed by atoms with Crippen LogP contribution in [0.3, 0.4) is 0 Å². The van der Waals surface area contributed by atoms with E-state index in [4.69, 9.17) is 6.42 Å². The molecule has 0 radical (unpaired) electrons. The van der Waals surface area contributed by atoms with E-state index >= 15 is 0 Å². The Hall–Kier alpha value is -1.49. The highest BCUT2D eigenvalue weighted by molar-refractivity contribution is 7.86. The molecule has 1 aromatic rings. The van der Waals surface area contributed by atoms with Crippen LogP contribution in [0, 0.1) is 33.1 Å². The second kappa shape index (κ2) is 5.13. The van der Waals surface area contributed by atoms with E-state index < -0.39 is 28.4 Å². The first-order valence-corrected chi connectivity index (χ1v) is 7.03. The van der Waals surface area contributed by atoms with Crippen LogP contribution in [0.5, 0.6) is 0 Å². The van der Waals surface area contributed by atoms with E-state index in [0.29, 0.717) is 0 Å². The zero-order valence-corrected chi connectivity index (χ0v) is 11.9. The van der Waals surface area contributed by atoms with Gasteiger partial charge in [0, 0.05) is 5.56 Å². The largest absolute Gasteiger partial charge is 0.482 e. The minimum atomic E-state index is -5.19. The maximum absolute atomic E-state index is 13.3. The summed E-state index contributed by atoms with van der Waals surface area (Å²) in [5.74, 6) is 2.14. The first-order valence-electron chi connectivity index (χ1n) is 5.65. The fraction of sp³-hybridized carbons (Fsp3) is 0.333. The van der Waals surface area contributed by atoms with Crippen molar-refractivity contribution in [3.8, 4) is 12.3 Å². The number of hydrogen-bond donors (Lipinski definition) is 0. The van der Waals surface area contributed by atoms with Gasteiger partial charge in [-0.25, -0.2) is 0 Å². The molecule has 0 saturated carbocycles. The maximum Gasteiger partial charge on any atom is 0.482 e. The Morgan fingerprint density at radius 2 is 1.60 bits per heavy atom. The third-order valence-electron chi connectivity index (χ3n) is 3.16. The predicted molar refractivity (Wildman–Crippen MR) is 69.7 cm³/mol. The van der Waals surface area contributed by atoms with Crippen molar-refractivity contribution in [1.29, 1.82) is 0 Å². The molecule has 0 atom stereocenters. The molecular weight excluding hydrogens is 295 g/mol. The van der Waals surface area contributed by atoms with Gasteiger partial charge in [0.2, 0.25) is 0 Å². The van der Waals surface area contributed by atoms with Crippen LogP contribution in [-0.2, 0) is 16.5 Å². The van der Waals surface area contributed by atoms with Crippen LogP contribution in [0.4, 0.5) is 16.8 Å². The molecule has 0 unspecified atom stereocenters. The summed E-state index contributed by atoms with van der Waals surface area (Å²) in [5, 5.41) is 0. The van der Waals surface area contributed by atoms with Crippen molar-refractivity contribution in [2.45, 2.75) is 32.0 Å². The van der Waals surface area contributed by atoms with Crippen molar-refractivity contribution < 1.29 is 25.3 Å². The molecule has 1 aromatic carbocycles. The van der Waals surface area contributed by atoms with Gasteiger partial charge in [-0.3, -0.25) is 0 Å². The third-order valence-corrected chi connectivity index (χ3v) is 4.26. The van der Waals surface area contributed by atoms with Crippen molar-refractivity contribution in [3.05, 3.63) is 27.8 Å². The van der Waals surface area contributed by atoms with Crippen molar-refractivity contribution in [1.82, 2.24) is 0 Å². The number of benzene rings is 1. The summed E-state index contributed by atoms with van der Waals surface area (Å²) in [5.41, 5.74) is -0.396. The highest BCUT2D eigenvalue weighted by Gasteiger charge is 2.30. The molecule has 0 bridgehead atoms. The van der Waals surface area contributed by atoms with Gasteiger partial charge in [-0.05, 0) is 37.5 Å². The molecule has 110 valence electrons. The number of rotatable bonds is 3. The van der Waals surface area contributed by atoms with Gasteiger partial charge in [0.25, 0.3) is 0 Å². The van der Waals surface area contributed by atoms with E-state index in [-0.39, 0.29) is 27.8 Å². The maximum atomic E-state index is 13.3. The first kappa shape index (κ1) is 16.6. The fourth-order valence-corrected chi connectivity index (χ4v) is 3.32. The Balaban J connectivity index is 3.84. The molecule has 0 fully saturated rings. The Morgan fingerprint density at radius 1 is 1.10 bits per heavy atom. The van der Waals surface area contributed by atoms with Crippen molar-refractivity contribution in [2.75, 3.05) is 0 Å². The Morgan fingerprint density at radius 3 is 1.95 bits per heavy atom. The SMILES string of the molecule is C#Cc1c(C)c(C[B-](F)(F)F)c(C)c(S(=O)(=O)F)c1C. The quantitative estimate of drug-likeness (QED) is 0.372. The molecule has 0 amide bonds. The monoisotopic (exact) mass is 307 g/mol. The van der Waals surface area contributed by atoms with E-state index in [1.807, 2.05) is 0 Å². The number of halogens is 4. The molecule has 0 aliphatic rings. The van der Waals surface area contributed by atoms with Gasteiger partial charge < -0.3 is 12.9 Å². The van der Waals surface area contributed by atoms with Gasteiger partial charge in [-0.1, -0.05) is 17.8 Å². The van der Waals surface area contributed by atoms with E-state index in [1.165, 1.54) is 13.8 Å². The minimum absolute atomic E-state index is 0.0122. The molecule has 0 heterocycles. The molecule has 8 heteroatoms. The Labute approximate surface area is 115 Å². The topological polar surface area (TPSA) is 34.1 Å². The lowest BCUT2D eigenvalue weighted by molar-refractivity contribution is 0.467. The highest BCUT2D eigenvalue weighted by atomic mass is 32.3. The second-order valence-electron chi connectivity index (χ2n) is 4.55. The van der Waals surface area contributed by atoms with Crippen LogP contribution in [0.15, 0.2) is 4.90 Å². The lowest BCUT2D eigenvalue weighted by Gasteiger charge is -2.22. The average molecular weight is 307 g/mol. The molecule has 20 heavy (non-hydrogen) atoms. The summed E-state index contributed by atoms with van der Waals surface area (Å²) >= 11 is 0. The second-order valence-corrected chi connectivity index (χ2v) is 5.84. The fourth-order valence-electron chi connectivity index (χ4n) is 2.37. The summed E-state index contributed by atoms with van der Waals surface area (Å²) in [6.07, 6.45) is 3.91. The van der Waals surface area contributed by atoms with Crippen molar-refractivity contribution >= 4 is 17.2 Å². The number of terminal acetylenes is 1. The van der Waals surface area contributed by atoms with Crippen molar-refractivity contribution in [2.24, 2.45) is 0 Å². The van der Waals surface area contributed by atoms with Gasteiger partial charge in [0.15, 0.2) is 0 Å². The van der Waals surface area contributed by atoms with Crippen molar-refractivity contribution in [3.63, 3.8) is 0 Å². The predicted octanol–water partition coefficient (Wildman–Crippen LogP) is 3.18. The van der Waals surface area contributed by atoms with E-state index in [1.54, 1.807) is 0 Å². The summed E-state index contributed by atoms with van der Waals surface area (Å²) < 4.78 is 73.6. The molecule has 0 N–H and O–H groups in total. The van der Waals surface area contributed by atoms with Crippen LogP contribution in [-0.4, -0.2) is 15.4 Å². The molecule has 0 aliphatic carbocycles. The molecule has 0 aliphatic heterocycles. The van der Waals surface area contributed by atoms with Gasteiger partial charge >= 0.3 is 17.2 Å². The van der Waals surface area contributed by atoms with Gasteiger partial charge in [0.1, 0.15) is 4.90 Å². The minimum Gasteiger partial charge on any atom is -0.449 e. The lowest BCUT2D eigenvalue weighted by atomic mass is 9.77. The van der Waals surface area contributed by atoms with E-state index in [9.17, 15) is 25.3 Å². The smallest absolute Gasteiger partial charge is 0.449 e. The zero-order valence-electron chi connectivity index (χ0n) is 11.1. The summed E-state index contributed by atoms with van der Waals surface area (Å²) in [6.45, 7) is -1.38. The van der Waals surface area contributed by atoms with Crippen LogP contribution in [0.1, 0.15) is 27.8 Å². The molecule has 0 saturated heterocycles. The van der Waals surface area contributed by atoms with Crippen LogP contribution in [0.25, 0.3) is 0 Å². The summed E-state index contributed by atoms with van der Waals surface area (Å²) in [4.78, 5) is -0.758. The standard InChI is InChI=1S/C12H12BF4O2S/c1-5-10-7(2)11(6-13(14,15)16)9(4)12(8(10)3)20(17,18)19/h1H,6H2,2-4H3/q-1. The van der Waals surface area contributed by atoms with Crippen LogP contribution < -0.4 is 0 Å². The van der Waals surface area contributed by atoms with E-state index in [0.717, 1.165) is 6.92 Å².